The molecule has 0 saturated heterocycles. The van der Waals surface area contributed by atoms with Crippen molar-refractivity contribution in [1.29, 1.82) is 0 Å². The molecular weight excluding hydrogens is 384 g/mol. The number of ketones is 1. The van der Waals surface area contributed by atoms with Crippen LogP contribution in [0.5, 0.6) is 5.75 Å². The van der Waals surface area contributed by atoms with E-state index in [0.717, 1.165) is 0 Å². The van der Waals surface area contributed by atoms with Gasteiger partial charge in [0.15, 0.2) is 11.2 Å². The Morgan fingerprint density at radius 3 is 2.37 bits per heavy atom. The molecule has 2 N–H and O–H groups in total. The van der Waals surface area contributed by atoms with Gasteiger partial charge in [-0.1, -0.05) is 26.0 Å². The molecule has 0 saturated carbocycles. The summed E-state index contributed by atoms with van der Waals surface area (Å²) in [4.78, 5) is 36.3. The van der Waals surface area contributed by atoms with Crippen LogP contribution >= 0.6 is 0 Å². The summed E-state index contributed by atoms with van der Waals surface area (Å²) in [5.74, 6) is -1.35. The Hall–Kier alpha value is -3.93. The molecule has 2 aliphatic rings. The lowest BCUT2D eigenvalue weighted by atomic mass is 9.88. The molecule has 0 amide bonds. The van der Waals surface area contributed by atoms with Crippen molar-refractivity contribution in [2.75, 3.05) is 0 Å². The standard InChI is InChI=1S/C24H18O6/c1-12(2)23(27)13-3-6-16(19(9-13)24(28)29)22-17-7-4-14(25)10-20(17)30-21-11-15(26)5-8-18(21)22/h3-12,25H,1-2H3,(H,28,29). The number of aromatic hydroxyl groups is 1. The molecule has 1 heterocycles. The van der Waals surface area contributed by atoms with Gasteiger partial charge >= 0.3 is 5.97 Å². The topological polar surface area (TPSA) is 105 Å². The lowest BCUT2D eigenvalue weighted by molar-refractivity contribution is 0.0697. The quantitative estimate of drug-likeness (QED) is 0.375. The van der Waals surface area contributed by atoms with Crippen molar-refractivity contribution >= 4 is 22.7 Å². The number of hydrogen-bond acceptors (Lipinski definition) is 5. The smallest absolute Gasteiger partial charge is 0.336 e. The molecule has 2 aromatic rings. The van der Waals surface area contributed by atoms with E-state index < -0.39 is 5.97 Å². The molecular formula is C24H18O6. The van der Waals surface area contributed by atoms with Crippen LogP contribution in [0, 0.1) is 5.92 Å². The predicted molar refractivity (Wildman–Crippen MR) is 112 cm³/mol. The maximum atomic E-state index is 12.4. The Kier molecular flexibility index (Phi) is 4.62. The molecule has 150 valence electrons. The number of carbonyl (C=O) groups is 2. The number of benzene rings is 3. The number of carbonyl (C=O) groups excluding carboxylic acids is 1. The maximum absolute atomic E-state index is 12.4. The third-order valence-corrected chi connectivity index (χ3v) is 5.01. The van der Waals surface area contributed by atoms with E-state index in [1.807, 2.05) is 0 Å². The Morgan fingerprint density at radius 2 is 1.67 bits per heavy atom. The lowest BCUT2D eigenvalue weighted by Gasteiger charge is -2.17. The SMILES string of the molecule is CC(C)C(=O)c1ccc(-c2c3ccc(=O)cc-3oc3cc(O)ccc23)c(C(=O)O)c1. The van der Waals surface area contributed by atoms with Gasteiger partial charge in [0, 0.05) is 40.1 Å². The molecule has 4 rings (SSSR count). The van der Waals surface area contributed by atoms with Crippen LogP contribution in [0.4, 0.5) is 0 Å². The van der Waals surface area contributed by atoms with E-state index in [1.165, 1.54) is 30.3 Å². The van der Waals surface area contributed by atoms with Crippen molar-refractivity contribution in [3.05, 3.63) is 75.9 Å². The van der Waals surface area contributed by atoms with Crippen LogP contribution in [-0.2, 0) is 0 Å². The van der Waals surface area contributed by atoms with E-state index in [4.69, 9.17) is 4.42 Å². The average molecular weight is 402 g/mol. The fourth-order valence-electron chi connectivity index (χ4n) is 3.58. The van der Waals surface area contributed by atoms with Crippen molar-refractivity contribution in [3.8, 4) is 28.2 Å². The highest BCUT2D eigenvalue weighted by atomic mass is 16.4. The molecule has 2 aromatic carbocycles. The Bertz CT molecular complexity index is 1350. The third-order valence-electron chi connectivity index (χ3n) is 5.01. The summed E-state index contributed by atoms with van der Waals surface area (Å²) in [5.41, 5.74) is 1.83. The van der Waals surface area contributed by atoms with Gasteiger partial charge in [0.05, 0.1) is 5.56 Å². The first-order valence-corrected chi connectivity index (χ1v) is 9.38. The van der Waals surface area contributed by atoms with E-state index in [9.17, 15) is 24.6 Å². The molecule has 0 bridgehead atoms. The van der Waals surface area contributed by atoms with Crippen molar-refractivity contribution in [2.24, 2.45) is 5.92 Å². The molecule has 6 heteroatoms. The zero-order valence-corrected chi connectivity index (χ0v) is 16.3. The van der Waals surface area contributed by atoms with Crippen molar-refractivity contribution in [3.63, 3.8) is 0 Å². The van der Waals surface area contributed by atoms with Crippen LogP contribution in [0.3, 0.4) is 0 Å². The summed E-state index contributed by atoms with van der Waals surface area (Å²) in [5, 5.41) is 20.3. The van der Waals surface area contributed by atoms with Crippen LogP contribution in [0.25, 0.3) is 33.4 Å². The fourth-order valence-corrected chi connectivity index (χ4v) is 3.58. The number of fused-ring (bicyclic) bond motifs is 2. The second kappa shape index (κ2) is 7.15. The number of Topliss-reactive ketones (excluding diaryl/α,β-unsaturated/α-hetero) is 1. The summed E-state index contributed by atoms with van der Waals surface area (Å²) in [6.07, 6.45) is 0. The molecule has 30 heavy (non-hydrogen) atoms. The van der Waals surface area contributed by atoms with Gasteiger partial charge in [-0.05, 0) is 35.9 Å². The summed E-state index contributed by atoms with van der Waals surface area (Å²) in [7, 11) is 0. The molecule has 0 aromatic heterocycles. The second-order valence-electron chi connectivity index (χ2n) is 7.40. The highest BCUT2D eigenvalue weighted by Crippen LogP contribution is 2.42. The Balaban J connectivity index is 2.11. The molecule has 0 spiro atoms. The fraction of sp³-hybridized carbons (Fsp3) is 0.125. The first-order valence-electron chi connectivity index (χ1n) is 9.38. The van der Waals surface area contributed by atoms with Crippen LogP contribution in [0.1, 0.15) is 34.6 Å². The van der Waals surface area contributed by atoms with Crippen LogP contribution in [0.2, 0.25) is 0 Å². The van der Waals surface area contributed by atoms with E-state index >= 15 is 0 Å². The molecule has 0 fully saturated rings. The highest BCUT2D eigenvalue weighted by molar-refractivity contribution is 6.09. The zero-order chi connectivity index (χ0) is 21.6. The van der Waals surface area contributed by atoms with E-state index in [2.05, 4.69) is 0 Å². The van der Waals surface area contributed by atoms with Gasteiger partial charge in [-0.15, -0.1) is 0 Å². The minimum Gasteiger partial charge on any atom is -0.508 e. The normalized spacial score (nSPS) is 11.3. The van der Waals surface area contributed by atoms with Crippen LogP contribution < -0.4 is 5.43 Å². The number of hydrogen-bond donors (Lipinski definition) is 2. The number of rotatable bonds is 4. The lowest BCUT2D eigenvalue weighted by Crippen LogP contribution is -2.10. The van der Waals surface area contributed by atoms with Gasteiger partial charge in [-0.2, -0.15) is 0 Å². The van der Waals surface area contributed by atoms with E-state index in [1.54, 1.807) is 38.1 Å². The number of carboxylic acid groups (broad SMARTS) is 1. The van der Waals surface area contributed by atoms with Gasteiger partial charge in [-0.25, -0.2) is 4.79 Å². The van der Waals surface area contributed by atoms with Crippen LogP contribution in [0.15, 0.2) is 63.8 Å². The molecule has 0 atom stereocenters. The zero-order valence-electron chi connectivity index (χ0n) is 16.3. The Morgan fingerprint density at radius 1 is 0.933 bits per heavy atom. The monoisotopic (exact) mass is 402 g/mol. The first kappa shape index (κ1) is 19.4. The molecule has 1 aliphatic carbocycles. The molecule has 6 nitrogen and oxygen atoms in total. The second-order valence-corrected chi connectivity index (χ2v) is 7.40. The van der Waals surface area contributed by atoms with Gasteiger partial charge in [-0.3, -0.25) is 9.59 Å². The first-order chi connectivity index (χ1) is 14.3. The van der Waals surface area contributed by atoms with Gasteiger partial charge < -0.3 is 14.6 Å². The van der Waals surface area contributed by atoms with Crippen molar-refractivity contribution in [2.45, 2.75) is 13.8 Å². The van der Waals surface area contributed by atoms with Gasteiger partial charge in [0.25, 0.3) is 0 Å². The van der Waals surface area contributed by atoms with Gasteiger partial charge in [0.2, 0.25) is 0 Å². The molecule has 0 radical (unpaired) electrons. The number of carboxylic acids is 1. The number of phenolic OH excluding ortho intramolecular Hbond substituents is 1. The minimum atomic E-state index is -1.18. The Labute approximate surface area is 171 Å². The van der Waals surface area contributed by atoms with Gasteiger partial charge in [0.1, 0.15) is 17.1 Å². The minimum absolute atomic E-state index is 0.0221. The maximum Gasteiger partial charge on any atom is 0.336 e. The number of aromatic carboxylic acids is 1. The third kappa shape index (κ3) is 3.22. The van der Waals surface area contributed by atoms with Crippen molar-refractivity contribution < 1.29 is 24.2 Å². The largest absolute Gasteiger partial charge is 0.508 e. The summed E-state index contributed by atoms with van der Waals surface area (Å²) in [6.45, 7) is 3.51. The predicted octanol–water partition coefficient (Wildman–Crippen LogP) is 4.81. The van der Waals surface area contributed by atoms with E-state index in [-0.39, 0.29) is 34.2 Å². The number of phenols is 1. The van der Waals surface area contributed by atoms with Crippen LogP contribution in [-0.4, -0.2) is 22.0 Å². The summed E-state index contributed by atoms with van der Waals surface area (Å²) < 4.78 is 5.80. The molecule has 0 unspecified atom stereocenters. The highest BCUT2D eigenvalue weighted by Gasteiger charge is 2.23. The molecule has 1 aliphatic heterocycles. The summed E-state index contributed by atoms with van der Waals surface area (Å²) in [6, 6.07) is 13.4. The summed E-state index contributed by atoms with van der Waals surface area (Å²) >= 11 is 0. The van der Waals surface area contributed by atoms with E-state index in [0.29, 0.717) is 33.2 Å². The average Bonchev–Trinajstić information content (AvgIpc) is 2.70. The van der Waals surface area contributed by atoms with Crippen molar-refractivity contribution in [1.82, 2.24) is 0 Å².